The normalized spacial score (nSPS) is 11.0. The van der Waals surface area contributed by atoms with Crippen molar-refractivity contribution in [2.24, 2.45) is 0 Å². The van der Waals surface area contributed by atoms with Crippen LogP contribution in [0.5, 0.6) is 0 Å². The molecule has 2 rings (SSSR count). The molecule has 1 aromatic heterocycles. The summed E-state index contributed by atoms with van der Waals surface area (Å²) in [7, 11) is -3.80. The number of aryl methyl sites for hydroxylation is 1. The van der Waals surface area contributed by atoms with Crippen molar-refractivity contribution in [1.82, 2.24) is 9.97 Å². The molecule has 21 heavy (non-hydrogen) atoms. The van der Waals surface area contributed by atoms with E-state index in [-0.39, 0.29) is 15.3 Å². The van der Waals surface area contributed by atoms with E-state index in [4.69, 9.17) is 5.26 Å². The number of rotatable bonds is 3. The Hall–Kier alpha value is -1.50. The van der Waals surface area contributed by atoms with Gasteiger partial charge in [-0.25, -0.2) is 18.4 Å². The van der Waals surface area contributed by atoms with Crippen molar-refractivity contribution in [2.45, 2.75) is 11.8 Å². The molecular weight excluding hydrogens is 424 g/mol. The summed E-state index contributed by atoms with van der Waals surface area (Å²) in [6, 6.07) is 6.25. The van der Waals surface area contributed by atoms with E-state index in [1.165, 1.54) is 24.4 Å². The number of halogens is 2. The molecule has 2 aromatic rings. The summed E-state index contributed by atoms with van der Waals surface area (Å²) in [6.45, 7) is 1.67. The second kappa shape index (κ2) is 6.09. The Morgan fingerprint density at radius 3 is 2.62 bits per heavy atom. The summed E-state index contributed by atoms with van der Waals surface area (Å²) in [4.78, 5) is 7.99. The highest BCUT2D eigenvalue weighted by atomic mass is 79.9. The lowest BCUT2D eigenvalue weighted by Crippen LogP contribution is -2.15. The monoisotopic (exact) mass is 430 g/mol. The number of sulfonamides is 1. The summed E-state index contributed by atoms with van der Waals surface area (Å²) in [6.07, 6.45) is 1.38. The predicted octanol–water partition coefficient (Wildman–Crippen LogP) is 2.98. The minimum Gasteiger partial charge on any atom is -0.261 e. The van der Waals surface area contributed by atoms with Crippen LogP contribution >= 0.6 is 31.9 Å². The average molecular weight is 432 g/mol. The first-order valence-electron chi connectivity index (χ1n) is 5.55. The minimum atomic E-state index is -3.80. The van der Waals surface area contributed by atoms with Gasteiger partial charge in [0.05, 0.1) is 22.7 Å². The molecule has 1 heterocycles. The van der Waals surface area contributed by atoms with E-state index in [9.17, 15) is 8.42 Å². The molecular formula is C12H8Br2N4O2S. The molecule has 6 nitrogen and oxygen atoms in total. The van der Waals surface area contributed by atoms with Gasteiger partial charge in [0, 0.05) is 0 Å². The average Bonchev–Trinajstić information content (AvgIpc) is 2.42. The van der Waals surface area contributed by atoms with Gasteiger partial charge in [-0.15, -0.1) is 0 Å². The molecule has 0 atom stereocenters. The van der Waals surface area contributed by atoms with E-state index >= 15 is 0 Å². The first kappa shape index (κ1) is 15.9. The highest BCUT2D eigenvalue weighted by Crippen LogP contribution is 2.23. The molecule has 1 N–H and O–H groups in total. The van der Waals surface area contributed by atoms with Crippen LogP contribution in [0.4, 0.5) is 5.82 Å². The number of benzene rings is 1. The molecule has 0 spiro atoms. The number of aromatic nitrogens is 2. The Morgan fingerprint density at radius 1 is 1.33 bits per heavy atom. The Balaban J connectivity index is 2.39. The van der Waals surface area contributed by atoms with Crippen molar-refractivity contribution in [3.05, 3.63) is 44.7 Å². The largest absolute Gasteiger partial charge is 0.263 e. The molecule has 9 heteroatoms. The summed E-state index contributed by atoms with van der Waals surface area (Å²) in [5, 5.41) is 8.87. The van der Waals surface area contributed by atoms with Crippen LogP contribution < -0.4 is 4.72 Å². The number of nitrogens with one attached hydrogen (secondary N) is 1. The van der Waals surface area contributed by atoms with Gasteiger partial charge in [0.1, 0.15) is 4.60 Å². The number of anilines is 1. The summed E-state index contributed by atoms with van der Waals surface area (Å²) in [5.74, 6) is 0.0835. The van der Waals surface area contributed by atoms with Crippen LogP contribution in [-0.4, -0.2) is 18.4 Å². The third-order valence-electron chi connectivity index (χ3n) is 2.56. The Bertz CT molecular complexity index is 847. The van der Waals surface area contributed by atoms with Crippen LogP contribution in [0.3, 0.4) is 0 Å². The van der Waals surface area contributed by atoms with Crippen molar-refractivity contribution in [2.75, 3.05) is 4.72 Å². The van der Waals surface area contributed by atoms with E-state index in [2.05, 4.69) is 46.5 Å². The van der Waals surface area contributed by atoms with Gasteiger partial charge in [-0.2, -0.15) is 5.26 Å². The zero-order valence-electron chi connectivity index (χ0n) is 10.6. The Labute approximate surface area is 138 Å². The van der Waals surface area contributed by atoms with E-state index in [1.54, 1.807) is 6.92 Å². The third kappa shape index (κ3) is 3.58. The first-order chi connectivity index (χ1) is 9.83. The van der Waals surface area contributed by atoms with Crippen molar-refractivity contribution < 1.29 is 8.42 Å². The number of hydrogen-bond donors (Lipinski definition) is 1. The molecule has 0 aliphatic rings. The SMILES string of the molecule is Cc1cc(S(=O)(=O)Nc2ncc(Br)nc2Br)ccc1C#N. The standard InChI is InChI=1S/C12H8Br2N4O2S/c1-7-4-9(3-2-8(7)5-15)21(19,20)18-12-11(14)17-10(13)6-16-12/h2-4,6H,1H3,(H,16,18). The Morgan fingerprint density at radius 2 is 2.05 bits per heavy atom. The second-order valence-corrected chi connectivity index (χ2v) is 7.27. The van der Waals surface area contributed by atoms with E-state index in [1.807, 2.05) is 6.07 Å². The second-order valence-electron chi connectivity index (χ2n) is 4.03. The van der Waals surface area contributed by atoms with Gasteiger partial charge in [-0.1, -0.05) is 0 Å². The maximum absolute atomic E-state index is 12.3. The molecule has 0 radical (unpaired) electrons. The number of hydrogen-bond acceptors (Lipinski definition) is 5. The lowest BCUT2D eigenvalue weighted by Gasteiger charge is -2.09. The molecule has 0 saturated heterocycles. The van der Waals surface area contributed by atoms with Gasteiger partial charge in [0.25, 0.3) is 10.0 Å². The van der Waals surface area contributed by atoms with Crippen molar-refractivity contribution in [3.8, 4) is 6.07 Å². The Kier molecular flexibility index (Phi) is 4.61. The quantitative estimate of drug-likeness (QED) is 0.805. The lowest BCUT2D eigenvalue weighted by molar-refractivity contribution is 0.601. The van der Waals surface area contributed by atoms with Gasteiger partial charge in [0.2, 0.25) is 0 Å². The van der Waals surface area contributed by atoms with Crippen LogP contribution in [0, 0.1) is 18.3 Å². The zero-order chi connectivity index (χ0) is 15.6. The number of nitriles is 1. The van der Waals surface area contributed by atoms with E-state index < -0.39 is 10.0 Å². The zero-order valence-corrected chi connectivity index (χ0v) is 14.6. The topological polar surface area (TPSA) is 95.7 Å². The smallest absolute Gasteiger partial charge is 0.261 e. The fraction of sp³-hybridized carbons (Fsp3) is 0.0833. The fourth-order valence-electron chi connectivity index (χ4n) is 1.53. The van der Waals surface area contributed by atoms with Gasteiger partial charge in [0.15, 0.2) is 10.4 Å². The van der Waals surface area contributed by atoms with Gasteiger partial charge >= 0.3 is 0 Å². The van der Waals surface area contributed by atoms with Crippen molar-refractivity contribution in [3.63, 3.8) is 0 Å². The van der Waals surface area contributed by atoms with Gasteiger partial charge in [-0.05, 0) is 62.5 Å². The molecule has 1 aromatic carbocycles. The van der Waals surface area contributed by atoms with E-state index in [0.717, 1.165) is 0 Å². The van der Waals surface area contributed by atoms with Crippen LogP contribution in [0.25, 0.3) is 0 Å². The molecule has 0 unspecified atom stereocenters. The van der Waals surface area contributed by atoms with Crippen LogP contribution in [0.1, 0.15) is 11.1 Å². The molecule has 0 bridgehead atoms. The summed E-state index contributed by atoms with van der Waals surface area (Å²) < 4.78 is 27.7. The summed E-state index contributed by atoms with van der Waals surface area (Å²) in [5.41, 5.74) is 1.01. The lowest BCUT2D eigenvalue weighted by atomic mass is 10.1. The van der Waals surface area contributed by atoms with Crippen LogP contribution in [-0.2, 0) is 10.0 Å². The van der Waals surface area contributed by atoms with Crippen molar-refractivity contribution >= 4 is 47.7 Å². The minimum absolute atomic E-state index is 0.0515. The highest BCUT2D eigenvalue weighted by molar-refractivity contribution is 9.11. The summed E-state index contributed by atoms with van der Waals surface area (Å²) >= 11 is 6.27. The highest BCUT2D eigenvalue weighted by Gasteiger charge is 2.18. The van der Waals surface area contributed by atoms with Crippen LogP contribution in [0.2, 0.25) is 0 Å². The van der Waals surface area contributed by atoms with Crippen molar-refractivity contribution in [1.29, 1.82) is 5.26 Å². The van der Waals surface area contributed by atoms with Gasteiger partial charge < -0.3 is 0 Å². The number of nitrogens with zero attached hydrogens (tertiary/aromatic N) is 3. The third-order valence-corrected chi connectivity index (χ3v) is 4.83. The van der Waals surface area contributed by atoms with Gasteiger partial charge in [-0.3, -0.25) is 4.72 Å². The first-order valence-corrected chi connectivity index (χ1v) is 8.62. The maximum atomic E-state index is 12.3. The molecule has 0 aliphatic carbocycles. The molecule has 0 amide bonds. The molecule has 108 valence electrons. The molecule has 0 saturated carbocycles. The fourth-order valence-corrected chi connectivity index (χ4v) is 3.67. The van der Waals surface area contributed by atoms with Crippen LogP contribution in [0.15, 0.2) is 38.5 Å². The molecule has 0 aliphatic heterocycles. The molecule has 0 fully saturated rings. The van der Waals surface area contributed by atoms with E-state index in [0.29, 0.717) is 15.7 Å². The predicted molar refractivity (Wildman–Crippen MR) is 84.1 cm³/mol. The maximum Gasteiger partial charge on any atom is 0.263 e.